The van der Waals surface area contributed by atoms with Crippen LogP contribution in [0.1, 0.15) is 34.3 Å². The van der Waals surface area contributed by atoms with Crippen molar-refractivity contribution < 1.29 is 13.2 Å². The number of hydrogen-bond acceptors (Lipinski definition) is 3. The fourth-order valence-electron chi connectivity index (χ4n) is 3.24. The molecule has 0 aliphatic rings. The van der Waals surface area contributed by atoms with E-state index < -0.39 is 10.0 Å². The number of anilines is 1. The molecule has 3 aromatic carbocycles. The maximum atomic E-state index is 12.5. The monoisotopic (exact) mass is 490 g/mol. The number of amides is 1. The number of nitrogens with one attached hydrogen (secondary N) is 1. The van der Waals surface area contributed by atoms with E-state index in [1.165, 1.54) is 10.4 Å². The van der Waals surface area contributed by atoms with Gasteiger partial charge in [-0.2, -0.15) is 0 Å². The molecule has 5 nitrogen and oxygen atoms in total. The summed E-state index contributed by atoms with van der Waals surface area (Å²) in [6, 6.07) is 21.5. The zero-order chi connectivity index (χ0) is 23.3. The Morgan fingerprint density at radius 3 is 2.25 bits per heavy atom. The lowest BCUT2D eigenvalue weighted by Gasteiger charge is -2.23. The van der Waals surface area contributed by atoms with Gasteiger partial charge in [-0.1, -0.05) is 72.6 Å². The Bertz CT molecular complexity index is 1180. The van der Waals surface area contributed by atoms with Gasteiger partial charge < -0.3 is 5.32 Å². The number of sulfonamides is 1. The van der Waals surface area contributed by atoms with E-state index in [0.29, 0.717) is 22.8 Å². The van der Waals surface area contributed by atoms with Gasteiger partial charge in [0, 0.05) is 17.1 Å². The van der Waals surface area contributed by atoms with Gasteiger partial charge in [-0.15, -0.1) is 0 Å². The molecule has 3 aromatic rings. The van der Waals surface area contributed by atoms with Crippen molar-refractivity contribution in [3.63, 3.8) is 0 Å². The molecule has 1 N–H and O–H groups in total. The SMILES string of the molecule is C[C@H](CNC(=O)c1ccc(CN(c2ccc(Cl)cc2Cl)S(C)(=O)=O)cc1)c1ccccc1. The predicted molar refractivity (Wildman–Crippen MR) is 131 cm³/mol. The molecule has 0 spiro atoms. The molecule has 0 saturated heterocycles. The first-order valence-corrected chi connectivity index (χ1v) is 12.6. The van der Waals surface area contributed by atoms with E-state index >= 15 is 0 Å². The molecule has 0 bridgehead atoms. The van der Waals surface area contributed by atoms with Crippen LogP contribution < -0.4 is 9.62 Å². The molecular formula is C24H24Cl2N2O3S. The highest BCUT2D eigenvalue weighted by Gasteiger charge is 2.21. The first-order valence-electron chi connectivity index (χ1n) is 10.00. The van der Waals surface area contributed by atoms with Crippen molar-refractivity contribution in [3.05, 3.63) is 99.5 Å². The number of carbonyl (C=O) groups excluding carboxylic acids is 1. The van der Waals surface area contributed by atoms with Crippen LogP contribution in [0.2, 0.25) is 10.0 Å². The molecule has 32 heavy (non-hydrogen) atoms. The van der Waals surface area contributed by atoms with E-state index in [4.69, 9.17) is 23.2 Å². The summed E-state index contributed by atoms with van der Waals surface area (Å²) in [7, 11) is -3.60. The van der Waals surface area contributed by atoms with Gasteiger partial charge in [0.05, 0.1) is 23.5 Å². The van der Waals surface area contributed by atoms with Crippen LogP contribution in [0.3, 0.4) is 0 Å². The number of hydrogen-bond donors (Lipinski definition) is 1. The number of carbonyl (C=O) groups is 1. The fraction of sp³-hybridized carbons (Fsp3) is 0.208. The van der Waals surface area contributed by atoms with Crippen molar-refractivity contribution >= 4 is 44.8 Å². The first-order chi connectivity index (χ1) is 15.1. The lowest BCUT2D eigenvalue weighted by atomic mass is 10.0. The summed E-state index contributed by atoms with van der Waals surface area (Å²) in [5.74, 6) is 0.00640. The fourth-order valence-corrected chi connectivity index (χ4v) is 4.70. The van der Waals surface area contributed by atoms with Gasteiger partial charge in [-0.3, -0.25) is 9.10 Å². The third kappa shape index (κ3) is 6.25. The molecule has 1 amide bonds. The Labute approximate surface area is 199 Å². The average molecular weight is 491 g/mol. The van der Waals surface area contributed by atoms with Crippen LogP contribution in [0, 0.1) is 0 Å². The second-order valence-electron chi connectivity index (χ2n) is 7.58. The molecule has 168 valence electrons. The first kappa shape index (κ1) is 24.1. The van der Waals surface area contributed by atoms with Crippen molar-refractivity contribution in [3.8, 4) is 0 Å². The van der Waals surface area contributed by atoms with Crippen LogP contribution in [0.25, 0.3) is 0 Å². The van der Waals surface area contributed by atoms with Crippen LogP contribution in [-0.4, -0.2) is 27.1 Å². The Morgan fingerprint density at radius 2 is 1.66 bits per heavy atom. The van der Waals surface area contributed by atoms with E-state index in [9.17, 15) is 13.2 Å². The van der Waals surface area contributed by atoms with Gasteiger partial charge in [0.1, 0.15) is 0 Å². The molecule has 0 aliphatic carbocycles. The van der Waals surface area contributed by atoms with Gasteiger partial charge in [-0.05, 0) is 47.4 Å². The second kappa shape index (κ2) is 10.4. The van der Waals surface area contributed by atoms with Crippen molar-refractivity contribution in [1.82, 2.24) is 5.32 Å². The molecule has 0 heterocycles. The van der Waals surface area contributed by atoms with Crippen LogP contribution in [0.15, 0.2) is 72.8 Å². The minimum absolute atomic E-state index is 0.0765. The normalized spacial score (nSPS) is 12.2. The van der Waals surface area contributed by atoms with Crippen LogP contribution >= 0.6 is 23.2 Å². The summed E-state index contributed by atoms with van der Waals surface area (Å²) in [4.78, 5) is 12.5. The van der Waals surface area contributed by atoms with Gasteiger partial charge in [0.15, 0.2) is 0 Å². The third-order valence-corrected chi connectivity index (χ3v) is 6.72. The van der Waals surface area contributed by atoms with Crippen molar-refractivity contribution in [2.75, 3.05) is 17.1 Å². The summed E-state index contributed by atoms with van der Waals surface area (Å²) in [6.45, 7) is 2.65. The quantitative estimate of drug-likeness (QED) is 0.453. The number of nitrogens with zero attached hydrogens (tertiary/aromatic N) is 1. The third-order valence-electron chi connectivity index (χ3n) is 5.06. The molecule has 0 unspecified atom stereocenters. The summed E-state index contributed by atoms with van der Waals surface area (Å²) in [5.41, 5.74) is 2.72. The highest BCUT2D eigenvalue weighted by molar-refractivity contribution is 7.92. The van der Waals surface area contributed by atoms with E-state index in [0.717, 1.165) is 17.4 Å². The Balaban J connectivity index is 1.69. The van der Waals surface area contributed by atoms with Crippen molar-refractivity contribution in [2.24, 2.45) is 0 Å². The van der Waals surface area contributed by atoms with Crippen molar-refractivity contribution in [1.29, 1.82) is 0 Å². The lowest BCUT2D eigenvalue weighted by Crippen LogP contribution is -2.30. The summed E-state index contributed by atoms with van der Waals surface area (Å²) in [6.07, 6.45) is 1.12. The standard InChI is InChI=1S/C24H24Cl2N2O3S/c1-17(19-6-4-3-5-7-19)15-27-24(29)20-10-8-18(9-11-20)16-28(32(2,30)31)23-13-12-21(25)14-22(23)26/h3-14,17H,15-16H2,1-2H3,(H,27,29)/t17-/m1/s1. The molecule has 8 heteroatoms. The highest BCUT2D eigenvalue weighted by atomic mass is 35.5. The maximum absolute atomic E-state index is 12.5. The minimum Gasteiger partial charge on any atom is -0.351 e. The summed E-state index contributed by atoms with van der Waals surface area (Å²) < 4.78 is 26.0. The molecule has 0 aromatic heterocycles. The molecule has 0 saturated carbocycles. The average Bonchev–Trinajstić information content (AvgIpc) is 2.76. The van der Waals surface area contributed by atoms with Crippen LogP contribution in [0.5, 0.6) is 0 Å². The topological polar surface area (TPSA) is 66.5 Å². The minimum atomic E-state index is -3.60. The molecule has 0 fully saturated rings. The number of halogens is 2. The smallest absolute Gasteiger partial charge is 0.251 e. The summed E-state index contributed by atoms with van der Waals surface area (Å²) in [5, 5.41) is 3.61. The Hall–Kier alpha value is -2.54. The van der Waals surface area contributed by atoms with Gasteiger partial charge >= 0.3 is 0 Å². The molecule has 1 atom stereocenters. The highest BCUT2D eigenvalue weighted by Crippen LogP contribution is 2.31. The molecule has 0 aliphatic heterocycles. The zero-order valence-electron chi connectivity index (χ0n) is 17.8. The zero-order valence-corrected chi connectivity index (χ0v) is 20.1. The van der Waals surface area contributed by atoms with Crippen LogP contribution in [-0.2, 0) is 16.6 Å². The van der Waals surface area contributed by atoms with Crippen molar-refractivity contribution in [2.45, 2.75) is 19.4 Å². The predicted octanol–water partition coefficient (Wildman–Crippen LogP) is 5.49. The van der Waals surface area contributed by atoms with E-state index in [1.807, 2.05) is 30.3 Å². The van der Waals surface area contributed by atoms with E-state index in [2.05, 4.69) is 12.2 Å². The Morgan fingerprint density at radius 1 is 1.00 bits per heavy atom. The largest absolute Gasteiger partial charge is 0.351 e. The van der Waals surface area contributed by atoms with E-state index in [-0.39, 0.29) is 23.4 Å². The van der Waals surface area contributed by atoms with Gasteiger partial charge in [0.2, 0.25) is 10.0 Å². The second-order valence-corrected chi connectivity index (χ2v) is 10.3. The number of benzene rings is 3. The summed E-state index contributed by atoms with van der Waals surface area (Å²) >= 11 is 12.2. The lowest BCUT2D eigenvalue weighted by molar-refractivity contribution is 0.0951. The molecule has 3 rings (SSSR count). The van der Waals surface area contributed by atoms with E-state index in [1.54, 1.807) is 36.4 Å². The Kier molecular flexibility index (Phi) is 7.82. The maximum Gasteiger partial charge on any atom is 0.251 e. The van der Waals surface area contributed by atoms with Gasteiger partial charge in [0.25, 0.3) is 5.91 Å². The van der Waals surface area contributed by atoms with Gasteiger partial charge in [-0.25, -0.2) is 8.42 Å². The molecular weight excluding hydrogens is 467 g/mol. The number of rotatable bonds is 8. The van der Waals surface area contributed by atoms with Crippen LogP contribution in [0.4, 0.5) is 5.69 Å². The molecule has 0 radical (unpaired) electrons.